The van der Waals surface area contributed by atoms with Crippen LogP contribution in [0.2, 0.25) is 0 Å². The van der Waals surface area contributed by atoms with E-state index in [1.807, 2.05) is 42.5 Å². The van der Waals surface area contributed by atoms with Crippen LogP contribution in [-0.2, 0) is 17.6 Å². The molecule has 0 heterocycles. The second-order valence-corrected chi connectivity index (χ2v) is 9.18. The van der Waals surface area contributed by atoms with E-state index in [9.17, 15) is 9.59 Å². The van der Waals surface area contributed by atoms with Crippen molar-refractivity contribution >= 4 is 17.6 Å². The van der Waals surface area contributed by atoms with Crippen molar-refractivity contribution in [2.45, 2.75) is 26.2 Å². The van der Waals surface area contributed by atoms with Crippen LogP contribution in [0.15, 0.2) is 66.7 Å². The van der Waals surface area contributed by atoms with E-state index in [1.54, 1.807) is 19.1 Å². The number of rotatable bonds is 7. The zero-order valence-corrected chi connectivity index (χ0v) is 20.1. The van der Waals surface area contributed by atoms with Gasteiger partial charge in [0.25, 0.3) is 5.91 Å². The number of amides is 1. The molecule has 3 aromatic rings. The first-order valence-electron chi connectivity index (χ1n) is 11.9. The Hall–Kier alpha value is -3.44. The molecule has 0 bridgehead atoms. The maximum Gasteiger partial charge on any atom is 0.338 e. The molecule has 34 heavy (non-hydrogen) atoms. The molecule has 1 unspecified atom stereocenters. The van der Waals surface area contributed by atoms with Crippen molar-refractivity contribution in [2.75, 3.05) is 32.6 Å². The monoisotopic (exact) mass is 456 g/mol. The highest BCUT2D eigenvalue weighted by Gasteiger charge is 2.20. The number of anilines is 1. The van der Waals surface area contributed by atoms with Crippen molar-refractivity contribution < 1.29 is 14.3 Å². The van der Waals surface area contributed by atoms with Gasteiger partial charge in [-0.05, 0) is 105 Å². The fraction of sp³-hybridized carbons (Fsp3) is 0.310. The molecule has 0 aliphatic heterocycles. The Morgan fingerprint density at radius 3 is 2.18 bits per heavy atom. The van der Waals surface area contributed by atoms with Crippen molar-refractivity contribution in [3.05, 3.63) is 89.0 Å². The Balaban J connectivity index is 1.39. The zero-order chi connectivity index (χ0) is 24.1. The van der Waals surface area contributed by atoms with Crippen molar-refractivity contribution in [3.63, 3.8) is 0 Å². The van der Waals surface area contributed by atoms with E-state index in [2.05, 4.69) is 36.4 Å². The van der Waals surface area contributed by atoms with Gasteiger partial charge in [-0.15, -0.1) is 0 Å². The third-order valence-electron chi connectivity index (χ3n) is 6.29. The predicted octanol–water partition coefficient (Wildman–Crippen LogP) is 5.45. The molecule has 0 aromatic heterocycles. The Morgan fingerprint density at radius 2 is 1.56 bits per heavy atom. The topological polar surface area (TPSA) is 58.6 Å². The molecule has 3 aromatic carbocycles. The molecule has 176 valence electrons. The maximum atomic E-state index is 12.8. The summed E-state index contributed by atoms with van der Waals surface area (Å²) < 4.78 is 5.03. The van der Waals surface area contributed by atoms with Crippen molar-refractivity contribution in [1.82, 2.24) is 4.90 Å². The van der Waals surface area contributed by atoms with Crippen molar-refractivity contribution in [3.8, 4) is 11.1 Å². The zero-order valence-electron chi connectivity index (χ0n) is 20.1. The van der Waals surface area contributed by atoms with Gasteiger partial charge in [0.05, 0.1) is 12.2 Å². The van der Waals surface area contributed by atoms with Crippen LogP contribution in [0.5, 0.6) is 0 Å². The van der Waals surface area contributed by atoms with Crippen LogP contribution < -0.4 is 5.32 Å². The smallest absolute Gasteiger partial charge is 0.338 e. The lowest BCUT2D eigenvalue weighted by atomic mass is 9.83. The summed E-state index contributed by atoms with van der Waals surface area (Å²) in [6.45, 7) is 3.26. The molecule has 0 saturated carbocycles. The van der Waals surface area contributed by atoms with Gasteiger partial charge in [-0.3, -0.25) is 4.79 Å². The summed E-state index contributed by atoms with van der Waals surface area (Å²) in [6, 6.07) is 21.1. The van der Waals surface area contributed by atoms with Crippen molar-refractivity contribution in [1.29, 1.82) is 0 Å². The molecule has 0 spiro atoms. The molecule has 1 N–H and O–H groups in total. The van der Waals surface area contributed by atoms with Gasteiger partial charge < -0.3 is 15.0 Å². The largest absolute Gasteiger partial charge is 0.462 e. The molecule has 0 radical (unpaired) electrons. The summed E-state index contributed by atoms with van der Waals surface area (Å²) in [5.41, 5.74) is 6.67. The van der Waals surface area contributed by atoms with E-state index in [-0.39, 0.29) is 11.9 Å². The molecule has 0 saturated heterocycles. The lowest BCUT2D eigenvalue weighted by Crippen LogP contribution is -2.26. The second-order valence-electron chi connectivity index (χ2n) is 9.18. The standard InChI is InChI=1S/C29H32N2O3/c1-4-34-29(33)24-13-9-22(10-14-24)21-7-11-23(12-8-21)28(32)30-27-16-15-25-17-20(19-31(2)3)5-6-26(25)18-27/h7-16,18,20H,4-6,17,19H2,1-3H3,(H,30,32). The highest BCUT2D eigenvalue weighted by Crippen LogP contribution is 2.28. The lowest BCUT2D eigenvalue weighted by molar-refractivity contribution is 0.0526. The third kappa shape index (κ3) is 5.72. The van der Waals surface area contributed by atoms with Gasteiger partial charge in [-0.1, -0.05) is 30.3 Å². The Morgan fingerprint density at radius 1 is 0.912 bits per heavy atom. The number of carbonyl (C=O) groups is 2. The van der Waals surface area contributed by atoms with Crippen LogP contribution >= 0.6 is 0 Å². The fourth-order valence-corrected chi connectivity index (χ4v) is 4.61. The van der Waals surface area contributed by atoms with Crippen LogP contribution in [0.4, 0.5) is 5.69 Å². The number of carbonyl (C=O) groups excluding carboxylic acids is 2. The van der Waals surface area contributed by atoms with Crippen LogP contribution in [0, 0.1) is 5.92 Å². The molecule has 1 aliphatic rings. The first-order chi connectivity index (χ1) is 16.4. The molecule has 5 heteroatoms. The molecular formula is C29H32N2O3. The van der Waals surface area contributed by atoms with E-state index in [0.29, 0.717) is 23.7 Å². The molecule has 4 rings (SSSR count). The number of fused-ring (bicyclic) bond motifs is 1. The Kier molecular flexibility index (Phi) is 7.43. The summed E-state index contributed by atoms with van der Waals surface area (Å²) in [4.78, 5) is 26.9. The first kappa shape index (κ1) is 23.7. The SMILES string of the molecule is CCOC(=O)c1ccc(-c2ccc(C(=O)Nc3ccc4c(c3)CCC(CN(C)C)C4)cc2)cc1. The van der Waals surface area contributed by atoms with Crippen LogP contribution in [0.25, 0.3) is 11.1 Å². The van der Waals surface area contributed by atoms with Gasteiger partial charge in [0.1, 0.15) is 0 Å². The molecule has 5 nitrogen and oxygen atoms in total. The number of esters is 1. The number of hydrogen-bond donors (Lipinski definition) is 1. The Bertz CT molecular complexity index is 1150. The minimum Gasteiger partial charge on any atom is -0.462 e. The second kappa shape index (κ2) is 10.7. The van der Waals surface area contributed by atoms with E-state index in [4.69, 9.17) is 4.74 Å². The highest BCUT2D eigenvalue weighted by molar-refractivity contribution is 6.04. The molecule has 0 fully saturated rings. The first-order valence-corrected chi connectivity index (χ1v) is 11.9. The lowest BCUT2D eigenvalue weighted by Gasteiger charge is -2.27. The fourth-order valence-electron chi connectivity index (χ4n) is 4.61. The van der Waals surface area contributed by atoms with Gasteiger partial charge in [0.2, 0.25) is 0 Å². The van der Waals surface area contributed by atoms with E-state index in [1.165, 1.54) is 17.5 Å². The van der Waals surface area contributed by atoms with Gasteiger partial charge in [-0.2, -0.15) is 0 Å². The molecule has 1 aliphatic carbocycles. The third-order valence-corrected chi connectivity index (χ3v) is 6.29. The van der Waals surface area contributed by atoms with Gasteiger partial charge >= 0.3 is 5.97 Å². The number of nitrogens with zero attached hydrogens (tertiary/aromatic N) is 1. The minimum atomic E-state index is -0.323. The van der Waals surface area contributed by atoms with E-state index in [0.717, 1.165) is 36.2 Å². The summed E-state index contributed by atoms with van der Waals surface area (Å²) in [7, 11) is 4.25. The van der Waals surface area contributed by atoms with Crippen LogP contribution in [0.1, 0.15) is 45.2 Å². The summed E-state index contributed by atoms with van der Waals surface area (Å²) in [6.07, 6.45) is 3.34. The Labute approximate surface area is 201 Å². The normalized spacial score (nSPS) is 15.0. The van der Waals surface area contributed by atoms with E-state index >= 15 is 0 Å². The predicted molar refractivity (Wildman–Crippen MR) is 136 cm³/mol. The minimum absolute atomic E-state index is 0.120. The quantitative estimate of drug-likeness (QED) is 0.481. The average Bonchev–Trinajstić information content (AvgIpc) is 2.84. The molecule has 1 amide bonds. The molecule has 1 atom stereocenters. The van der Waals surface area contributed by atoms with Crippen LogP contribution in [-0.4, -0.2) is 44.0 Å². The maximum absolute atomic E-state index is 12.8. The van der Waals surface area contributed by atoms with Crippen molar-refractivity contribution in [2.24, 2.45) is 5.92 Å². The number of aryl methyl sites for hydroxylation is 1. The van der Waals surface area contributed by atoms with Crippen LogP contribution in [0.3, 0.4) is 0 Å². The number of hydrogen-bond acceptors (Lipinski definition) is 4. The number of nitrogens with one attached hydrogen (secondary N) is 1. The van der Waals surface area contributed by atoms with Gasteiger partial charge in [-0.25, -0.2) is 4.79 Å². The van der Waals surface area contributed by atoms with Gasteiger partial charge in [0, 0.05) is 17.8 Å². The summed E-state index contributed by atoms with van der Waals surface area (Å²) in [5.74, 6) is 0.255. The number of ether oxygens (including phenoxy) is 1. The molecular weight excluding hydrogens is 424 g/mol. The highest BCUT2D eigenvalue weighted by atomic mass is 16.5. The average molecular weight is 457 g/mol. The summed E-state index contributed by atoms with van der Waals surface area (Å²) >= 11 is 0. The van der Waals surface area contributed by atoms with E-state index < -0.39 is 0 Å². The summed E-state index contributed by atoms with van der Waals surface area (Å²) in [5, 5.41) is 3.04. The number of benzene rings is 3. The van der Waals surface area contributed by atoms with Gasteiger partial charge in [0.15, 0.2) is 0 Å².